The smallest absolute Gasteiger partial charge is 0.216 e. The number of methoxy groups -OCH3 is 1. The van der Waals surface area contributed by atoms with E-state index in [2.05, 4.69) is 15.3 Å². The van der Waals surface area contributed by atoms with E-state index in [4.69, 9.17) is 4.74 Å². The number of aliphatic hydroxyl groups is 1. The molecule has 148 valence electrons. The third kappa shape index (κ3) is 4.09. The summed E-state index contributed by atoms with van der Waals surface area (Å²) in [6, 6.07) is 5.18. The van der Waals surface area contributed by atoms with Crippen LogP contribution in [-0.2, 0) is 6.54 Å². The lowest BCUT2D eigenvalue weighted by atomic mass is 10.2. The molecule has 1 aliphatic heterocycles. The van der Waals surface area contributed by atoms with Gasteiger partial charge >= 0.3 is 0 Å². The minimum Gasteiger partial charge on any atom is -0.481 e. The van der Waals surface area contributed by atoms with Crippen LogP contribution < -0.4 is 10.1 Å². The summed E-state index contributed by atoms with van der Waals surface area (Å²) in [6.07, 6.45) is -0.600. The van der Waals surface area contributed by atoms with Crippen LogP contribution in [0.2, 0.25) is 0 Å². The van der Waals surface area contributed by atoms with E-state index in [9.17, 15) is 18.3 Å². The van der Waals surface area contributed by atoms with E-state index < -0.39 is 23.7 Å². The third-order valence-corrected chi connectivity index (χ3v) is 4.18. The molecular formula is C19H19F3N4O2. The Hall–Kier alpha value is -3.07. The minimum absolute atomic E-state index is 0.00475. The van der Waals surface area contributed by atoms with Crippen LogP contribution in [0.25, 0.3) is 0 Å². The van der Waals surface area contributed by atoms with Gasteiger partial charge in [-0.2, -0.15) is 0 Å². The first-order valence-electron chi connectivity index (χ1n) is 8.41. The van der Waals surface area contributed by atoms with Gasteiger partial charge in [0, 0.05) is 11.8 Å². The van der Waals surface area contributed by atoms with E-state index in [1.54, 1.807) is 13.0 Å². The number of pyridine rings is 1. The fraction of sp³-hybridized carbons (Fsp3) is 0.263. The average molecular weight is 392 g/mol. The number of aliphatic hydroxyl groups excluding tert-OH is 1. The number of benzene rings is 1. The Morgan fingerprint density at radius 3 is 2.61 bits per heavy atom. The molecule has 1 unspecified atom stereocenters. The lowest BCUT2D eigenvalue weighted by Crippen LogP contribution is -2.37. The molecule has 0 saturated carbocycles. The van der Waals surface area contributed by atoms with Crippen LogP contribution in [0.3, 0.4) is 0 Å². The number of rotatable bonds is 4. The van der Waals surface area contributed by atoms with Crippen LogP contribution >= 0.6 is 0 Å². The zero-order chi connectivity index (χ0) is 20.4. The number of nitrogens with one attached hydrogen (secondary N) is 1. The maximum atomic E-state index is 13.9. The van der Waals surface area contributed by atoms with Gasteiger partial charge in [0.25, 0.3) is 0 Å². The first-order chi connectivity index (χ1) is 13.3. The van der Waals surface area contributed by atoms with Crippen LogP contribution in [0.5, 0.6) is 5.88 Å². The molecule has 0 bridgehead atoms. The third-order valence-electron chi connectivity index (χ3n) is 4.18. The number of hydrogen-bond donors (Lipinski definition) is 2. The molecule has 0 aliphatic carbocycles. The predicted molar refractivity (Wildman–Crippen MR) is 98.4 cm³/mol. The number of halogens is 3. The van der Waals surface area contributed by atoms with Gasteiger partial charge in [-0.15, -0.1) is 0 Å². The standard InChI is InChI=1S/C19H19F3N4O2/c1-10-6-16(11(2)23-18(10)28-3)24-19-25-17(27)15(22)9-26(19)8-12-4-5-13(20)14(21)7-12/h4-7,9,17,27H,8H2,1-3H3,(H,24,25). The van der Waals surface area contributed by atoms with Crippen molar-refractivity contribution in [2.45, 2.75) is 26.6 Å². The first-order valence-corrected chi connectivity index (χ1v) is 8.41. The summed E-state index contributed by atoms with van der Waals surface area (Å²) in [5, 5.41) is 12.8. The second-order valence-corrected chi connectivity index (χ2v) is 6.29. The minimum atomic E-state index is -1.66. The molecular weight excluding hydrogens is 373 g/mol. The van der Waals surface area contributed by atoms with Crippen molar-refractivity contribution in [3.05, 3.63) is 64.7 Å². The Balaban J connectivity index is 1.89. The van der Waals surface area contributed by atoms with E-state index >= 15 is 0 Å². The Kier molecular flexibility index (Phi) is 5.55. The van der Waals surface area contributed by atoms with Gasteiger partial charge in [0.05, 0.1) is 25.0 Å². The van der Waals surface area contributed by atoms with E-state index in [1.165, 1.54) is 18.1 Å². The molecule has 0 fully saturated rings. The molecule has 0 saturated heterocycles. The zero-order valence-corrected chi connectivity index (χ0v) is 15.5. The highest BCUT2D eigenvalue weighted by molar-refractivity contribution is 5.95. The fourth-order valence-corrected chi connectivity index (χ4v) is 2.72. The molecule has 2 aromatic rings. The van der Waals surface area contributed by atoms with Gasteiger partial charge in [0.2, 0.25) is 18.1 Å². The molecule has 1 aliphatic rings. The van der Waals surface area contributed by atoms with Gasteiger partial charge < -0.3 is 20.1 Å². The van der Waals surface area contributed by atoms with Crippen molar-refractivity contribution < 1.29 is 23.0 Å². The molecule has 2 N–H and O–H groups in total. The number of aromatic nitrogens is 1. The molecule has 2 heterocycles. The van der Waals surface area contributed by atoms with Gasteiger partial charge in [-0.05, 0) is 37.6 Å². The Labute approximate surface area is 160 Å². The highest BCUT2D eigenvalue weighted by atomic mass is 19.2. The molecule has 9 heteroatoms. The van der Waals surface area contributed by atoms with Gasteiger partial charge in [-0.1, -0.05) is 6.07 Å². The average Bonchev–Trinajstić information content (AvgIpc) is 2.65. The largest absolute Gasteiger partial charge is 0.481 e. The highest BCUT2D eigenvalue weighted by Gasteiger charge is 2.23. The zero-order valence-electron chi connectivity index (χ0n) is 15.5. The molecule has 1 aromatic carbocycles. The molecule has 6 nitrogen and oxygen atoms in total. The van der Waals surface area contributed by atoms with Crippen molar-refractivity contribution in [2.75, 3.05) is 12.4 Å². The van der Waals surface area contributed by atoms with Crippen molar-refractivity contribution in [3.8, 4) is 5.88 Å². The lowest BCUT2D eigenvalue weighted by Gasteiger charge is -2.28. The quantitative estimate of drug-likeness (QED) is 0.835. The number of guanidine groups is 1. The lowest BCUT2D eigenvalue weighted by molar-refractivity contribution is 0.181. The number of ether oxygens (including phenoxy) is 1. The summed E-state index contributed by atoms with van der Waals surface area (Å²) in [7, 11) is 1.51. The van der Waals surface area contributed by atoms with E-state index in [-0.39, 0.29) is 12.5 Å². The van der Waals surface area contributed by atoms with E-state index in [0.717, 1.165) is 23.9 Å². The van der Waals surface area contributed by atoms with Gasteiger partial charge in [-0.25, -0.2) is 23.1 Å². The predicted octanol–water partition coefficient (Wildman–Crippen LogP) is 3.40. The highest BCUT2D eigenvalue weighted by Crippen LogP contribution is 2.25. The van der Waals surface area contributed by atoms with Gasteiger partial charge in [-0.3, -0.25) is 0 Å². The maximum Gasteiger partial charge on any atom is 0.216 e. The Morgan fingerprint density at radius 1 is 1.18 bits per heavy atom. The van der Waals surface area contributed by atoms with Crippen LogP contribution in [-0.4, -0.2) is 34.3 Å². The number of aliphatic imine (C=N–C) groups is 1. The van der Waals surface area contributed by atoms with Crippen LogP contribution in [0.15, 0.2) is 41.3 Å². The van der Waals surface area contributed by atoms with Crippen molar-refractivity contribution in [2.24, 2.45) is 4.99 Å². The van der Waals surface area contributed by atoms with E-state index in [0.29, 0.717) is 22.8 Å². The van der Waals surface area contributed by atoms with Gasteiger partial charge in [0.15, 0.2) is 17.5 Å². The summed E-state index contributed by atoms with van der Waals surface area (Å²) < 4.78 is 45.7. The number of anilines is 1. The van der Waals surface area contributed by atoms with Crippen molar-refractivity contribution in [1.82, 2.24) is 9.88 Å². The number of aryl methyl sites for hydroxylation is 2. The normalized spacial score (nSPS) is 16.5. The Morgan fingerprint density at radius 2 is 1.93 bits per heavy atom. The first kappa shape index (κ1) is 19.7. The molecule has 1 aromatic heterocycles. The number of hydrogen-bond acceptors (Lipinski definition) is 6. The van der Waals surface area contributed by atoms with Crippen LogP contribution in [0.1, 0.15) is 16.8 Å². The van der Waals surface area contributed by atoms with E-state index in [1.807, 2.05) is 6.92 Å². The summed E-state index contributed by atoms with van der Waals surface area (Å²) in [5.41, 5.74) is 2.34. The van der Waals surface area contributed by atoms with Crippen molar-refractivity contribution in [1.29, 1.82) is 0 Å². The van der Waals surface area contributed by atoms with Crippen molar-refractivity contribution >= 4 is 11.6 Å². The molecule has 0 radical (unpaired) electrons. The van der Waals surface area contributed by atoms with Crippen molar-refractivity contribution in [3.63, 3.8) is 0 Å². The molecule has 1 atom stereocenters. The van der Waals surface area contributed by atoms with Gasteiger partial charge in [0.1, 0.15) is 0 Å². The fourth-order valence-electron chi connectivity index (χ4n) is 2.72. The maximum absolute atomic E-state index is 13.9. The summed E-state index contributed by atoms with van der Waals surface area (Å²) in [6.45, 7) is 3.57. The molecule has 28 heavy (non-hydrogen) atoms. The second kappa shape index (κ2) is 7.89. The summed E-state index contributed by atoms with van der Waals surface area (Å²) in [4.78, 5) is 9.58. The Bertz CT molecular complexity index is 962. The summed E-state index contributed by atoms with van der Waals surface area (Å²) >= 11 is 0. The molecule has 0 spiro atoms. The molecule has 3 rings (SSSR count). The number of nitrogens with zero attached hydrogens (tertiary/aromatic N) is 3. The van der Waals surface area contributed by atoms with Crippen LogP contribution in [0, 0.1) is 25.5 Å². The SMILES string of the molecule is COc1nc(C)c(NC2=NC(O)C(F)=CN2Cc2ccc(F)c(F)c2)cc1C. The second-order valence-electron chi connectivity index (χ2n) is 6.29. The van der Waals surface area contributed by atoms with Crippen LogP contribution in [0.4, 0.5) is 18.9 Å². The monoisotopic (exact) mass is 392 g/mol. The topological polar surface area (TPSA) is 70.0 Å². The summed E-state index contributed by atoms with van der Waals surface area (Å²) in [5.74, 6) is -2.24. The molecule has 0 amide bonds.